The Morgan fingerprint density at radius 1 is 1.55 bits per heavy atom. The molecule has 1 aliphatic rings. The Morgan fingerprint density at radius 3 is 3.05 bits per heavy atom. The number of halogens is 1. The second-order valence-electron chi connectivity index (χ2n) is 5.28. The number of aryl methyl sites for hydroxylation is 1. The molecule has 3 heterocycles. The van der Waals surface area contributed by atoms with Crippen LogP contribution in [-0.2, 0) is 0 Å². The molecule has 1 fully saturated rings. The summed E-state index contributed by atoms with van der Waals surface area (Å²) in [5.74, 6) is 0.00507. The molecule has 3 rings (SSSR count). The van der Waals surface area contributed by atoms with E-state index in [1.807, 2.05) is 28.9 Å². The van der Waals surface area contributed by atoms with Crippen LogP contribution in [0.1, 0.15) is 34.9 Å². The Balaban J connectivity index is 1.73. The van der Waals surface area contributed by atoms with E-state index in [2.05, 4.69) is 10.1 Å². The van der Waals surface area contributed by atoms with Crippen molar-refractivity contribution in [3.63, 3.8) is 0 Å². The third kappa shape index (κ3) is 2.58. The van der Waals surface area contributed by atoms with Crippen LogP contribution in [0.15, 0.2) is 24.7 Å². The fraction of sp³-hybridized carbons (Fsp3) is 0.429. The lowest BCUT2D eigenvalue weighted by atomic mass is 10.1. The average molecular weight is 293 g/mol. The van der Waals surface area contributed by atoms with Crippen molar-refractivity contribution >= 4 is 17.5 Å². The van der Waals surface area contributed by atoms with E-state index in [4.69, 9.17) is 11.6 Å². The van der Waals surface area contributed by atoms with E-state index in [-0.39, 0.29) is 11.9 Å². The van der Waals surface area contributed by atoms with Crippen LogP contribution in [0, 0.1) is 6.92 Å². The van der Waals surface area contributed by atoms with Gasteiger partial charge in [-0.25, -0.2) is 0 Å². The highest BCUT2D eigenvalue weighted by Gasteiger charge is 2.26. The zero-order valence-corrected chi connectivity index (χ0v) is 12.1. The van der Waals surface area contributed by atoms with Crippen LogP contribution in [0.2, 0.25) is 5.02 Å². The first-order chi connectivity index (χ1) is 9.63. The molecule has 1 amide bonds. The van der Waals surface area contributed by atoms with Crippen LogP contribution >= 0.6 is 11.6 Å². The third-order valence-electron chi connectivity index (χ3n) is 3.67. The Labute approximate surface area is 122 Å². The number of carbonyl (C=O) groups excluding carboxylic acids is 1. The first-order valence-electron chi connectivity index (χ1n) is 6.77. The highest BCUT2D eigenvalue weighted by atomic mass is 35.5. The van der Waals surface area contributed by atoms with Crippen molar-refractivity contribution in [2.75, 3.05) is 13.1 Å². The molecular formula is C14H17ClN4O. The first kappa shape index (κ1) is 13.2. The molecule has 1 aliphatic heterocycles. The molecular weight excluding hydrogens is 276 g/mol. The maximum absolute atomic E-state index is 12.4. The number of nitrogens with one attached hydrogen (secondary N) is 1. The zero-order chi connectivity index (χ0) is 14.1. The van der Waals surface area contributed by atoms with Crippen LogP contribution in [0.5, 0.6) is 0 Å². The summed E-state index contributed by atoms with van der Waals surface area (Å²) >= 11 is 5.85. The largest absolute Gasteiger partial charge is 0.356 e. The summed E-state index contributed by atoms with van der Waals surface area (Å²) in [6.07, 6.45) is 7.56. The summed E-state index contributed by atoms with van der Waals surface area (Å²) in [6.45, 7) is 3.50. The molecule has 0 radical (unpaired) electrons. The molecule has 2 aromatic heterocycles. The van der Waals surface area contributed by atoms with Crippen LogP contribution < -0.4 is 0 Å². The van der Waals surface area contributed by atoms with Gasteiger partial charge in [0, 0.05) is 25.5 Å². The number of aromatic nitrogens is 3. The molecule has 5 nitrogen and oxygen atoms in total. The summed E-state index contributed by atoms with van der Waals surface area (Å²) in [4.78, 5) is 17.2. The number of aromatic amines is 1. The van der Waals surface area contributed by atoms with Gasteiger partial charge < -0.3 is 9.88 Å². The number of amides is 1. The fourth-order valence-corrected chi connectivity index (χ4v) is 2.81. The van der Waals surface area contributed by atoms with Crippen molar-refractivity contribution in [1.82, 2.24) is 19.7 Å². The number of hydrogen-bond donors (Lipinski definition) is 1. The highest BCUT2D eigenvalue weighted by molar-refractivity contribution is 6.30. The molecule has 1 unspecified atom stereocenters. The van der Waals surface area contributed by atoms with Crippen molar-refractivity contribution < 1.29 is 4.79 Å². The molecule has 0 aliphatic carbocycles. The molecule has 0 saturated carbocycles. The van der Waals surface area contributed by atoms with Gasteiger partial charge in [-0.05, 0) is 31.4 Å². The van der Waals surface area contributed by atoms with Crippen LogP contribution in [0.25, 0.3) is 0 Å². The van der Waals surface area contributed by atoms with Crippen molar-refractivity contribution in [3.05, 3.63) is 40.9 Å². The number of likely N-dealkylation sites (tertiary alicyclic amines) is 1. The molecule has 1 saturated heterocycles. The quantitative estimate of drug-likeness (QED) is 0.925. The van der Waals surface area contributed by atoms with Gasteiger partial charge in [-0.3, -0.25) is 9.48 Å². The van der Waals surface area contributed by atoms with Gasteiger partial charge in [0.1, 0.15) is 5.69 Å². The normalized spacial score (nSPS) is 19.3. The number of nitrogens with zero attached hydrogens (tertiary/aromatic N) is 3. The van der Waals surface area contributed by atoms with Crippen molar-refractivity contribution in [3.8, 4) is 0 Å². The molecule has 0 bridgehead atoms. The van der Waals surface area contributed by atoms with Crippen LogP contribution in [-0.4, -0.2) is 38.7 Å². The predicted molar refractivity (Wildman–Crippen MR) is 76.9 cm³/mol. The van der Waals surface area contributed by atoms with E-state index >= 15 is 0 Å². The number of rotatable bonds is 2. The highest BCUT2D eigenvalue weighted by Crippen LogP contribution is 2.23. The van der Waals surface area contributed by atoms with E-state index in [9.17, 15) is 4.79 Å². The van der Waals surface area contributed by atoms with Crippen LogP contribution in [0.4, 0.5) is 0 Å². The minimum atomic E-state index is 0.00507. The topological polar surface area (TPSA) is 53.9 Å². The van der Waals surface area contributed by atoms with Gasteiger partial charge in [-0.2, -0.15) is 5.10 Å². The van der Waals surface area contributed by atoms with Gasteiger partial charge in [0.05, 0.1) is 17.3 Å². The summed E-state index contributed by atoms with van der Waals surface area (Å²) in [5, 5.41) is 4.92. The van der Waals surface area contributed by atoms with E-state index in [0.29, 0.717) is 17.3 Å². The van der Waals surface area contributed by atoms with Crippen molar-refractivity contribution in [2.45, 2.75) is 25.8 Å². The molecule has 6 heteroatoms. The lowest BCUT2D eigenvalue weighted by Gasteiger charge is -2.32. The summed E-state index contributed by atoms with van der Waals surface area (Å²) in [6, 6.07) is 1.93. The Bertz CT molecular complexity index is 618. The summed E-state index contributed by atoms with van der Waals surface area (Å²) in [7, 11) is 0. The Morgan fingerprint density at radius 2 is 2.40 bits per heavy atom. The van der Waals surface area contributed by atoms with E-state index in [0.717, 1.165) is 24.9 Å². The lowest BCUT2D eigenvalue weighted by molar-refractivity contribution is 0.0667. The first-order valence-corrected chi connectivity index (χ1v) is 7.15. The SMILES string of the molecule is Cc1cnn(C2CCCN(C(=O)c3cc(Cl)c[nH]3)C2)c1. The molecule has 0 aromatic carbocycles. The minimum absolute atomic E-state index is 0.00507. The fourth-order valence-electron chi connectivity index (χ4n) is 2.65. The molecule has 106 valence electrons. The second kappa shape index (κ2) is 5.32. The Kier molecular flexibility index (Phi) is 3.53. The van der Waals surface area contributed by atoms with Gasteiger partial charge >= 0.3 is 0 Å². The summed E-state index contributed by atoms with van der Waals surface area (Å²) < 4.78 is 1.97. The molecule has 1 N–H and O–H groups in total. The van der Waals surface area contributed by atoms with E-state index in [1.165, 1.54) is 0 Å². The summed E-state index contributed by atoms with van der Waals surface area (Å²) in [5.41, 5.74) is 1.69. The zero-order valence-electron chi connectivity index (χ0n) is 11.3. The Hall–Kier alpha value is -1.75. The van der Waals surface area contributed by atoms with Gasteiger partial charge in [0.25, 0.3) is 5.91 Å². The van der Waals surface area contributed by atoms with Crippen molar-refractivity contribution in [2.24, 2.45) is 0 Å². The maximum Gasteiger partial charge on any atom is 0.270 e. The van der Waals surface area contributed by atoms with E-state index < -0.39 is 0 Å². The molecule has 1 atom stereocenters. The number of piperidine rings is 1. The van der Waals surface area contributed by atoms with Gasteiger partial charge in [-0.15, -0.1) is 0 Å². The maximum atomic E-state index is 12.4. The molecule has 2 aromatic rings. The third-order valence-corrected chi connectivity index (χ3v) is 3.88. The smallest absolute Gasteiger partial charge is 0.270 e. The number of carbonyl (C=O) groups is 1. The van der Waals surface area contributed by atoms with Gasteiger partial charge in [0.15, 0.2) is 0 Å². The monoisotopic (exact) mass is 292 g/mol. The second-order valence-corrected chi connectivity index (χ2v) is 5.71. The molecule has 20 heavy (non-hydrogen) atoms. The van der Waals surface area contributed by atoms with Gasteiger partial charge in [-0.1, -0.05) is 11.6 Å². The standard InChI is InChI=1S/C14H17ClN4O/c1-10-6-17-19(8-10)12-3-2-4-18(9-12)14(20)13-5-11(15)7-16-13/h5-8,12,16H,2-4,9H2,1H3. The van der Waals surface area contributed by atoms with E-state index in [1.54, 1.807) is 12.3 Å². The molecule has 0 spiro atoms. The van der Waals surface area contributed by atoms with Crippen LogP contribution in [0.3, 0.4) is 0 Å². The van der Waals surface area contributed by atoms with Gasteiger partial charge in [0.2, 0.25) is 0 Å². The number of H-pyrrole nitrogens is 1. The minimum Gasteiger partial charge on any atom is -0.356 e. The number of hydrogen-bond acceptors (Lipinski definition) is 2. The average Bonchev–Trinajstić information content (AvgIpc) is 3.07. The lowest BCUT2D eigenvalue weighted by Crippen LogP contribution is -2.41. The predicted octanol–water partition coefficient (Wildman–Crippen LogP) is 2.65. The van der Waals surface area contributed by atoms with Crippen molar-refractivity contribution in [1.29, 1.82) is 0 Å².